The molecule has 0 amide bonds. The lowest BCUT2D eigenvalue weighted by molar-refractivity contribution is 0.0690. The Morgan fingerprint density at radius 2 is 2.14 bits per heavy atom. The van der Waals surface area contributed by atoms with Gasteiger partial charge in [0.05, 0.1) is 12.7 Å². The Balaban J connectivity index is 1.48. The maximum atomic E-state index is 14.1. The number of nitrogens with zero attached hydrogens (tertiary/aromatic N) is 5. The first kappa shape index (κ1) is 13.2. The quantitative estimate of drug-likeness (QED) is 0.853. The first-order valence-electron chi connectivity index (χ1n) is 7.09. The molecule has 1 saturated heterocycles. The molecule has 8 heteroatoms. The van der Waals surface area contributed by atoms with E-state index in [0.29, 0.717) is 16.8 Å². The Hall–Kier alpha value is -2.51. The van der Waals surface area contributed by atoms with Crippen molar-refractivity contribution in [2.75, 3.05) is 18.0 Å². The highest BCUT2D eigenvalue weighted by Gasteiger charge is 2.52. The predicted octanol–water partition coefficient (Wildman–Crippen LogP) is 1.16. The molecule has 2 aliphatic rings. The van der Waals surface area contributed by atoms with Crippen LogP contribution in [0.15, 0.2) is 18.3 Å². The van der Waals surface area contributed by atoms with Crippen molar-refractivity contribution in [1.82, 2.24) is 20.0 Å². The van der Waals surface area contributed by atoms with Crippen LogP contribution < -0.4 is 4.90 Å². The van der Waals surface area contributed by atoms with E-state index in [4.69, 9.17) is 5.11 Å². The number of anilines is 1. The van der Waals surface area contributed by atoms with E-state index in [1.165, 1.54) is 23.7 Å². The maximum absolute atomic E-state index is 14.1. The number of rotatable bonds is 4. The topological polar surface area (TPSA) is 84.1 Å². The van der Waals surface area contributed by atoms with Gasteiger partial charge in [0, 0.05) is 24.1 Å². The van der Waals surface area contributed by atoms with E-state index in [9.17, 15) is 9.18 Å². The lowest BCUT2D eigenvalue weighted by Crippen LogP contribution is -2.48. The standard InChI is InChI=1S/C14H14FN5O2/c15-12-9(5-20-6-10(13(21)22)17-18-20)1-2-11(16-12)19-7-14(8-19)3-4-14/h1-2,6H,3-5,7-8H2,(H,21,22). The summed E-state index contributed by atoms with van der Waals surface area (Å²) in [5, 5.41) is 16.0. The number of aromatic carboxylic acids is 1. The molecule has 7 nitrogen and oxygen atoms in total. The number of carboxylic acid groups (broad SMARTS) is 1. The first-order valence-corrected chi connectivity index (χ1v) is 7.09. The van der Waals surface area contributed by atoms with Crippen molar-refractivity contribution in [3.63, 3.8) is 0 Å². The molecule has 0 unspecified atom stereocenters. The third-order valence-electron chi connectivity index (χ3n) is 4.34. The van der Waals surface area contributed by atoms with E-state index in [1.807, 2.05) is 0 Å². The summed E-state index contributed by atoms with van der Waals surface area (Å²) in [7, 11) is 0. The molecule has 22 heavy (non-hydrogen) atoms. The van der Waals surface area contributed by atoms with Gasteiger partial charge in [-0.3, -0.25) is 0 Å². The summed E-state index contributed by atoms with van der Waals surface area (Å²) < 4.78 is 15.4. The molecule has 2 aromatic heterocycles. The molecular formula is C14H14FN5O2. The summed E-state index contributed by atoms with van der Waals surface area (Å²) in [6, 6.07) is 3.46. The second-order valence-corrected chi connectivity index (χ2v) is 6.08. The smallest absolute Gasteiger partial charge is 0.358 e. The summed E-state index contributed by atoms with van der Waals surface area (Å²) in [6.07, 6.45) is 3.80. The fourth-order valence-corrected chi connectivity index (χ4v) is 2.81. The van der Waals surface area contributed by atoms with E-state index in [1.54, 1.807) is 12.1 Å². The molecule has 1 saturated carbocycles. The molecule has 1 spiro atoms. The molecule has 0 atom stereocenters. The number of carboxylic acids is 1. The zero-order chi connectivity index (χ0) is 15.3. The van der Waals surface area contributed by atoms with Crippen LogP contribution in [0.1, 0.15) is 28.9 Å². The van der Waals surface area contributed by atoms with Crippen LogP contribution in [0.5, 0.6) is 0 Å². The Morgan fingerprint density at radius 1 is 1.36 bits per heavy atom. The highest BCUT2D eigenvalue weighted by atomic mass is 19.1. The van der Waals surface area contributed by atoms with Gasteiger partial charge < -0.3 is 10.0 Å². The van der Waals surface area contributed by atoms with Gasteiger partial charge in [0.2, 0.25) is 5.95 Å². The summed E-state index contributed by atoms with van der Waals surface area (Å²) in [5.74, 6) is -1.06. The van der Waals surface area contributed by atoms with Crippen LogP contribution in [0.4, 0.5) is 10.2 Å². The number of hydrogen-bond donors (Lipinski definition) is 1. The summed E-state index contributed by atoms with van der Waals surface area (Å²) >= 11 is 0. The molecule has 1 aliphatic heterocycles. The van der Waals surface area contributed by atoms with Crippen LogP contribution >= 0.6 is 0 Å². The molecule has 2 aromatic rings. The van der Waals surface area contributed by atoms with Gasteiger partial charge in [-0.2, -0.15) is 4.39 Å². The highest BCUT2D eigenvalue weighted by molar-refractivity contribution is 5.84. The molecular weight excluding hydrogens is 289 g/mol. The highest BCUT2D eigenvalue weighted by Crippen LogP contribution is 2.53. The number of hydrogen-bond acceptors (Lipinski definition) is 5. The van der Waals surface area contributed by atoms with Gasteiger partial charge in [-0.1, -0.05) is 5.21 Å². The minimum atomic E-state index is -1.16. The van der Waals surface area contributed by atoms with E-state index in [0.717, 1.165) is 13.1 Å². The fraction of sp³-hybridized carbons (Fsp3) is 0.429. The minimum Gasteiger partial charge on any atom is -0.476 e. The zero-order valence-corrected chi connectivity index (χ0v) is 11.7. The second kappa shape index (κ2) is 4.49. The molecule has 1 N–H and O–H groups in total. The lowest BCUT2D eigenvalue weighted by Gasteiger charge is -2.40. The monoisotopic (exact) mass is 303 g/mol. The Bertz CT molecular complexity index is 747. The Morgan fingerprint density at radius 3 is 2.73 bits per heavy atom. The van der Waals surface area contributed by atoms with Crippen LogP contribution in [0, 0.1) is 11.4 Å². The van der Waals surface area contributed by atoms with Crippen molar-refractivity contribution < 1.29 is 14.3 Å². The molecule has 3 heterocycles. The molecule has 0 bridgehead atoms. The predicted molar refractivity (Wildman–Crippen MR) is 74.2 cm³/mol. The molecule has 4 rings (SSSR count). The van der Waals surface area contributed by atoms with Gasteiger partial charge in [-0.15, -0.1) is 5.10 Å². The Kier molecular flexibility index (Phi) is 2.69. The van der Waals surface area contributed by atoms with Crippen LogP contribution in [0.2, 0.25) is 0 Å². The third kappa shape index (κ3) is 2.20. The van der Waals surface area contributed by atoms with Crippen molar-refractivity contribution in [1.29, 1.82) is 0 Å². The van der Waals surface area contributed by atoms with Crippen LogP contribution in [-0.2, 0) is 6.54 Å². The van der Waals surface area contributed by atoms with E-state index in [-0.39, 0.29) is 12.2 Å². The number of pyridine rings is 1. The van der Waals surface area contributed by atoms with Crippen molar-refractivity contribution in [2.24, 2.45) is 5.41 Å². The van der Waals surface area contributed by atoms with Gasteiger partial charge in [0.1, 0.15) is 5.82 Å². The molecule has 0 radical (unpaired) electrons. The van der Waals surface area contributed by atoms with Gasteiger partial charge >= 0.3 is 5.97 Å². The van der Waals surface area contributed by atoms with Gasteiger partial charge in [0.25, 0.3) is 0 Å². The summed E-state index contributed by atoms with van der Waals surface area (Å²) in [6.45, 7) is 2.02. The minimum absolute atomic E-state index is 0.101. The Labute approximate surface area is 125 Å². The SMILES string of the molecule is O=C(O)c1cn(Cc2ccc(N3CC4(CC4)C3)nc2F)nn1. The number of carbonyl (C=O) groups is 1. The zero-order valence-electron chi connectivity index (χ0n) is 11.7. The average Bonchev–Trinajstić information content (AvgIpc) is 3.11. The van der Waals surface area contributed by atoms with Gasteiger partial charge in [-0.25, -0.2) is 14.5 Å². The fourth-order valence-electron chi connectivity index (χ4n) is 2.81. The summed E-state index contributed by atoms with van der Waals surface area (Å²) in [4.78, 5) is 16.8. The lowest BCUT2D eigenvalue weighted by atomic mass is 9.97. The molecule has 1 aliphatic carbocycles. The van der Waals surface area contributed by atoms with Crippen LogP contribution in [0.3, 0.4) is 0 Å². The largest absolute Gasteiger partial charge is 0.476 e. The van der Waals surface area contributed by atoms with Crippen LogP contribution in [0.25, 0.3) is 0 Å². The van der Waals surface area contributed by atoms with E-state index >= 15 is 0 Å². The second-order valence-electron chi connectivity index (χ2n) is 6.08. The van der Waals surface area contributed by atoms with E-state index in [2.05, 4.69) is 20.2 Å². The summed E-state index contributed by atoms with van der Waals surface area (Å²) in [5.41, 5.74) is 0.678. The molecule has 114 valence electrons. The van der Waals surface area contributed by atoms with Crippen molar-refractivity contribution >= 4 is 11.8 Å². The number of aromatic nitrogens is 4. The third-order valence-corrected chi connectivity index (χ3v) is 4.34. The van der Waals surface area contributed by atoms with Crippen molar-refractivity contribution in [2.45, 2.75) is 19.4 Å². The van der Waals surface area contributed by atoms with Gasteiger partial charge in [0.15, 0.2) is 5.69 Å². The first-order chi connectivity index (χ1) is 10.5. The molecule has 0 aromatic carbocycles. The van der Waals surface area contributed by atoms with Crippen molar-refractivity contribution in [3.05, 3.63) is 35.5 Å². The number of halogens is 1. The normalized spacial score (nSPS) is 18.3. The van der Waals surface area contributed by atoms with E-state index < -0.39 is 11.9 Å². The van der Waals surface area contributed by atoms with Gasteiger partial charge in [-0.05, 0) is 25.0 Å². The van der Waals surface area contributed by atoms with Crippen molar-refractivity contribution in [3.8, 4) is 0 Å². The maximum Gasteiger partial charge on any atom is 0.358 e. The average molecular weight is 303 g/mol. The van der Waals surface area contributed by atoms with Crippen LogP contribution in [-0.4, -0.2) is 44.1 Å². The molecule has 2 fully saturated rings.